The van der Waals surface area contributed by atoms with E-state index in [9.17, 15) is 4.79 Å². The summed E-state index contributed by atoms with van der Waals surface area (Å²) in [7, 11) is 0. The van der Waals surface area contributed by atoms with E-state index in [1.165, 1.54) is 6.20 Å². The zero-order chi connectivity index (χ0) is 13.7. The normalized spacial score (nSPS) is 10.4. The number of aromatic nitrogens is 2. The van der Waals surface area contributed by atoms with Gasteiger partial charge in [0.05, 0.1) is 24.1 Å². The van der Waals surface area contributed by atoms with Gasteiger partial charge in [-0.05, 0) is 25.5 Å². The van der Waals surface area contributed by atoms with Crippen LogP contribution in [0, 0.1) is 0 Å². The Morgan fingerprint density at radius 1 is 1.42 bits per heavy atom. The maximum atomic E-state index is 11.8. The molecule has 5 heteroatoms. The molecule has 0 aliphatic carbocycles. The van der Waals surface area contributed by atoms with Gasteiger partial charge in [-0.3, -0.25) is 0 Å². The maximum Gasteiger partial charge on any atom is 0.341 e. The van der Waals surface area contributed by atoms with E-state index in [-0.39, 0.29) is 5.97 Å². The average Bonchev–Trinajstić information content (AvgIpc) is 2.93. The van der Waals surface area contributed by atoms with Gasteiger partial charge in [-0.25, -0.2) is 14.8 Å². The summed E-state index contributed by atoms with van der Waals surface area (Å²) in [6.45, 7) is 4.14. The van der Waals surface area contributed by atoms with Crippen molar-refractivity contribution in [1.29, 1.82) is 0 Å². The van der Waals surface area contributed by atoms with Crippen molar-refractivity contribution < 1.29 is 13.9 Å². The van der Waals surface area contributed by atoms with Gasteiger partial charge in [-0.2, -0.15) is 0 Å². The molecule has 0 bridgehead atoms. The Hall–Kier alpha value is -2.17. The fraction of sp³-hybridized carbons (Fsp3) is 0.357. The number of hydrogen-bond acceptors (Lipinski definition) is 5. The Labute approximate surface area is 111 Å². The third-order valence-corrected chi connectivity index (χ3v) is 2.59. The van der Waals surface area contributed by atoms with E-state index in [1.54, 1.807) is 25.3 Å². The molecule has 0 aromatic carbocycles. The summed E-state index contributed by atoms with van der Waals surface area (Å²) < 4.78 is 10.3. The lowest BCUT2D eigenvalue weighted by Gasteiger charge is -2.07. The second kappa shape index (κ2) is 6.13. The number of rotatable bonds is 5. The predicted octanol–water partition coefficient (Wildman–Crippen LogP) is 2.87. The van der Waals surface area contributed by atoms with E-state index in [4.69, 9.17) is 9.15 Å². The molecule has 0 saturated heterocycles. The molecule has 0 amide bonds. The zero-order valence-corrected chi connectivity index (χ0v) is 11.0. The van der Waals surface area contributed by atoms with Crippen molar-refractivity contribution >= 4 is 5.97 Å². The molecule has 0 saturated carbocycles. The maximum absolute atomic E-state index is 11.8. The monoisotopic (exact) mass is 260 g/mol. The number of hydrogen-bond donors (Lipinski definition) is 0. The van der Waals surface area contributed by atoms with Gasteiger partial charge in [-0.15, -0.1) is 0 Å². The van der Waals surface area contributed by atoms with Crippen LogP contribution in [-0.2, 0) is 11.2 Å². The molecule has 0 unspecified atom stereocenters. The van der Waals surface area contributed by atoms with Crippen molar-refractivity contribution in [3.05, 3.63) is 35.9 Å². The lowest BCUT2D eigenvalue weighted by atomic mass is 10.1. The number of carbonyl (C=O) groups excluding carboxylic acids is 1. The van der Waals surface area contributed by atoms with Crippen LogP contribution in [0.1, 0.15) is 36.3 Å². The molecule has 2 heterocycles. The summed E-state index contributed by atoms with van der Waals surface area (Å²) in [5.74, 6) is 0.700. The van der Waals surface area contributed by atoms with Crippen LogP contribution in [0.2, 0.25) is 0 Å². The van der Waals surface area contributed by atoms with Crippen LogP contribution in [0.5, 0.6) is 0 Å². The Morgan fingerprint density at radius 3 is 2.89 bits per heavy atom. The topological polar surface area (TPSA) is 65.2 Å². The molecule has 0 aliphatic heterocycles. The molecule has 19 heavy (non-hydrogen) atoms. The minimum atomic E-state index is -0.378. The average molecular weight is 260 g/mol. The molecule has 2 aromatic rings. The quantitative estimate of drug-likeness (QED) is 0.773. The molecule has 0 atom stereocenters. The first-order valence-electron chi connectivity index (χ1n) is 6.33. The summed E-state index contributed by atoms with van der Waals surface area (Å²) in [6, 6.07) is 3.56. The first-order valence-corrected chi connectivity index (χ1v) is 6.33. The molecule has 0 fully saturated rings. The van der Waals surface area contributed by atoms with Crippen LogP contribution >= 0.6 is 0 Å². The minimum absolute atomic E-state index is 0.338. The molecular formula is C14H16N2O3. The van der Waals surface area contributed by atoms with Gasteiger partial charge in [0.2, 0.25) is 0 Å². The summed E-state index contributed by atoms with van der Waals surface area (Å²) in [4.78, 5) is 20.4. The van der Waals surface area contributed by atoms with Crippen molar-refractivity contribution in [2.24, 2.45) is 0 Å². The fourth-order valence-electron chi connectivity index (χ4n) is 1.75. The highest BCUT2D eigenvalue weighted by Gasteiger charge is 2.16. The van der Waals surface area contributed by atoms with Crippen LogP contribution in [-0.4, -0.2) is 22.5 Å². The van der Waals surface area contributed by atoms with Crippen LogP contribution < -0.4 is 0 Å². The summed E-state index contributed by atoms with van der Waals surface area (Å²) in [6.07, 6.45) is 4.66. The number of furan rings is 1. The van der Waals surface area contributed by atoms with E-state index in [1.807, 2.05) is 6.92 Å². The largest absolute Gasteiger partial charge is 0.462 e. The molecule has 0 N–H and O–H groups in total. The predicted molar refractivity (Wildman–Crippen MR) is 69.7 cm³/mol. The number of esters is 1. The second-order valence-electron chi connectivity index (χ2n) is 4.00. The van der Waals surface area contributed by atoms with E-state index >= 15 is 0 Å². The number of aryl methyl sites for hydroxylation is 1. The van der Waals surface area contributed by atoms with Gasteiger partial charge in [0.25, 0.3) is 0 Å². The Bertz CT molecular complexity index is 550. The minimum Gasteiger partial charge on any atom is -0.462 e. The van der Waals surface area contributed by atoms with Crippen molar-refractivity contribution in [3.63, 3.8) is 0 Å². The smallest absolute Gasteiger partial charge is 0.341 e. The van der Waals surface area contributed by atoms with Crippen molar-refractivity contribution in [3.8, 4) is 11.6 Å². The highest BCUT2D eigenvalue weighted by Crippen LogP contribution is 2.18. The van der Waals surface area contributed by atoms with E-state index in [0.717, 1.165) is 6.42 Å². The highest BCUT2D eigenvalue weighted by atomic mass is 16.5. The molecule has 0 aliphatic rings. The molecule has 100 valence electrons. The summed E-state index contributed by atoms with van der Waals surface area (Å²) >= 11 is 0. The van der Waals surface area contributed by atoms with Gasteiger partial charge in [-0.1, -0.05) is 13.3 Å². The van der Waals surface area contributed by atoms with Gasteiger partial charge in [0.1, 0.15) is 0 Å². The first-order chi connectivity index (χ1) is 9.26. The third-order valence-electron chi connectivity index (χ3n) is 2.59. The summed E-state index contributed by atoms with van der Waals surface area (Å²) in [5.41, 5.74) is 1.13. The molecule has 2 aromatic heterocycles. The second-order valence-corrected chi connectivity index (χ2v) is 4.00. The van der Waals surface area contributed by atoms with Crippen LogP contribution in [0.25, 0.3) is 11.6 Å². The third kappa shape index (κ3) is 2.99. The Balaban J connectivity index is 2.37. The fourth-order valence-corrected chi connectivity index (χ4v) is 1.75. The molecule has 0 radical (unpaired) electrons. The lowest BCUT2D eigenvalue weighted by molar-refractivity contribution is 0.0524. The molecular weight excluding hydrogens is 244 g/mol. The van der Waals surface area contributed by atoms with Crippen molar-refractivity contribution in [1.82, 2.24) is 9.97 Å². The van der Waals surface area contributed by atoms with E-state index in [2.05, 4.69) is 9.97 Å². The van der Waals surface area contributed by atoms with Gasteiger partial charge in [0, 0.05) is 6.20 Å². The number of ether oxygens (including phenoxy) is 1. The summed E-state index contributed by atoms with van der Waals surface area (Å²) in [5, 5.41) is 0. The van der Waals surface area contributed by atoms with Crippen LogP contribution in [0.3, 0.4) is 0 Å². The first kappa shape index (κ1) is 13.3. The Morgan fingerprint density at radius 2 is 2.26 bits per heavy atom. The molecule has 2 rings (SSSR count). The zero-order valence-electron chi connectivity index (χ0n) is 11.0. The molecule has 5 nitrogen and oxygen atoms in total. The van der Waals surface area contributed by atoms with Gasteiger partial charge in [0.15, 0.2) is 11.6 Å². The molecule has 0 spiro atoms. The van der Waals surface area contributed by atoms with E-state index < -0.39 is 0 Å². The van der Waals surface area contributed by atoms with Crippen LogP contribution in [0.15, 0.2) is 29.0 Å². The van der Waals surface area contributed by atoms with Crippen molar-refractivity contribution in [2.45, 2.75) is 26.7 Å². The standard InChI is InChI=1S/C14H16N2O3/c1-3-6-11-10(14(17)18-4-2)9-15-13(16-11)12-7-5-8-19-12/h5,7-9H,3-4,6H2,1-2H3. The number of nitrogens with zero attached hydrogens (tertiary/aromatic N) is 2. The van der Waals surface area contributed by atoms with Crippen LogP contribution in [0.4, 0.5) is 0 Å². The van der Waals surface area contributed by atoms with Gasteiger partial charge >= 0.3 is 5.97 Å². The SMILES string of the molecule is CCCc1nc(-c2ccco2)ncc1C(=O)OCC. The number of carbonyl (C=O) groups is 1. The van der Waals surface area contributed by atoms with Crippen molar-refractivity contribution in [2.75, 3.05) is 6.61 Å². The van der Waals surface area contributed by atoms with E-state index in [0.29, 0.717) is 35.9 Å². The Kier molecular flexibility index (Phi) is 4.28. The highest BCUT2D eigenvalue weighted by molar-refractivity contribution is 5.90. The lowest BCUT2D eigenvalue weighted by Crippen LogP contribution is -2.11. The van der Waals surface area contributed by atoms with Gasteiger partial charge < -0.3 is 9.15 Å².